The van der Waals surface area contributed by atoms with Crippen molar-refractivity contribution in [1.82, 2.24) is 20.4 Å². The zero-order valence-electron chi connectivity index (χ0n) is 11.7. The molecule has 1 amide bonds. The highest BCUT2D eigenvalue weighted by atomic mass is 32.2. The summed E-state index contributed by atoms with van der Waals surface area (Å²) in [5, 5.41) is 20.1. The number of carbonyl (C=O) groups is 1. The average molecular weight is 362 g/mol. The number of nitrogens with zero attached hydrogens (tertiary/aromatic N) is 4. The first-order chi connectivity index (χ1) is 10.2. The summed E-state index contributed by atoms with van der Waals surface area (Å²) in [6.45, 7) is 4.05. The Bertz CT molecular complexity index is 585. The van der Waals surface area contributed by atoms with Crippen molar-refractivity contribution in [2.24, 2.45) is 0 Å². The second kappa shape index (κ2) is 8.66. The third-order valence-electron chi connectivity index (χ3n) is 2.21. The van der Waals surface area contributed by atoms with Crippen LogP contribution in [-0.4, -0.2) is 37.8 Å². The minimum atomic E-state index is -0.103. The molecule has 2 aromatic heterocycles. The molecule has 21 heavy (non-hydrogen) atoms. The summed E-state index contributed by atoms with van der Waals surface area (Å²) >= 11 is 5.95. The van der Waals surface area contributed by atoms with Crippen molar-refractivity contribution >= 4 is 57.2 Å². The molecule has 0 fully saturated rings. The fraction of sp³-hybridized carbons (Fsp3) is 0.545. The van der Waals surface area contributed by atoms with Gasteiger partial charge in [0.1, 0.15) is 5.01 Å². The highest BCUT2D eigenvalue weighted by Gasteiger charge is 2.10. The Kier molecular flexibility index (Phi) is 6.87. The van der Waals surface area contributed by atoms with Crippen LogP contribution >= 0.6 is 46.2 Å². The molecule has 0 aromatic carbocycles. The molecule has 2 aromatic rings. The van der Waals surface area contributed by atoms with Crippen LogP contribution in [0.2, 0.25) is 0 Å². The molecule has 2 rings (SSSR count). The lowest BCUT2D eigenvalue weighted by molar-refractivity contribution is -0.113. The fourth-order valence-electron chi connectivity index (χ4n) is 1.24. The summed E-state index contributed by atoms with van der Waals surface area (Å²) in [5.74, 6) is 1.23. The topological polar surface area (TPSA) is 80.7 Å². The van der Waals surface area contributed by atoms with E-state index in [1.165, 1.54) is 34.4 Å². The van der Waals surface area contributed by atoms with E-state index >= 15 is 0 Å². The molecule has 0 aliphatic heterocycles. The van der Waals surface area contributed by atoms with Gasteiger partial charge in [0, 0.05) is 5.75 Å². The molecule has 0 radical (unpaired) electrons. The van der Waals surface area contributed by atoms with Crippen molar-refractivity contribution < 1.29 is 4.79 Å². The van der Waals surface area contributed by atoms with Gasteiger partial charge in [-0.2, -0.15) is 0 Å². The smallest absolute Gasteiger partial charge is 0.236 e. The number of hydrogen-bond donors (Lipinski definition) is 1. The Morgan fingerprint density at radius 1 is 1.14 bits per heavy atom. The number of aromatic nitrogens is 4. The number of thioether (sulfide) groups is 2. The van der Waals surface area contributed by atoms with Crippen molar-refractivity contribution in [3.8, 4) is 0 Å². The van der Waals surface area contributed by atoms with E-state index in [4.69, 9.17) is 0 Å². The number of aryl methyl sites for hydroxylation is 1. The van der Waals surface area contributed by atoms with Crippen LogP contribution in [0.25, 0.3) is 0 Å². The molecule has 0 aliphatic rings. The van der Waals surface area contributed by atoms with Gasteiger partial charge >= 0.3 is 0 Å². The predicted molar refractivity (Wildman–Crippen MR) is 89.5 cm³/mol. The third kappa shape index (κ3) is 5.89. The minimum absolute atomic E-state index is 0.103. The maximum absolute atomic E-state index is 11.8. The number of unbranched alkanes of at least 4 members (excludes halogenated alkanes) is 1. The number of rotatable bonds is 8. The molecule has 6 nitrogen and oxygen atoms in total. The zero-order chi connectivity index (χ0) is 15.1. The maximum Gasteiger partial charge on any atom is 0.236 e. The van der Waals surface area contributed by atoms with Gasteiger partial charge in [0.05, 0.1) is 5.75 Å². The summed E-state index contributed by atoms with van der Waals surface area (Å²) in [5.41, 5.74) is 0. The van der Waals surface area contributed by atoms with Gasteiger partial charge in [-0.1, -0.05) is 59.5 Å². The van der Waals surface area contributed by atoms with Crippen LogP contribution in [0.5, 0.6) is 0 Å². The Morgan fingerprint density at radius 2 is 1.90 bits per heavy atom. The van der Waals surface area contributed by atoms with Gasteiger partial charge in [-0.15, -0.1) is 20.4 Å². The average Bonchev–Trinajstić information content (AvgIpc) is 3.06. The molecule has 0 aliphatic carbocycles. The zero-order valence-corrected chi connectivity index (χ0v) is 14.9. The summed E-state index contributed by atoms with van der Waals surface area (Å²) in [6.07, 6.45) is 2.32. The molecule has 1 N–H and O–H groups in total. The largest absolute Gasteiger partial charge is 0.300 e. The van der Waals surface area contributed by atoms with Gasteiger partial charge in [-0.3, -0.25) is 10.1 Å². The molecule has 0 bridgehead atoms. The van der Waals surface area contributed by atoms with Crippen LogP contribution in [0.4, 0.5) is 5.13 Å². The number of anilines is 1. The van der Waals surface area contributed by atoms with E-state index in [-0.39, 0.29) is 5.91 Å². The van der Waals surface area contributed by atoms with Gasteiger partial charge in [0.25, 0.3) is 0 Å². The Morgan fingerprint density at radius 3 is 2.62 bits per heavy atom. The van der Waals surface area contributed by atoms with Crippen molar-refractivity contribution in [3.05, 3.63) is 5.01 Å². The van der Waals surface area contributed by atoms with E-state index in [9.17, 15) is 4.79 Å². The molecule has 2 heterocycles. The number of hydrogen-bond acceptors (Lipinski definition) is 9. The molecule has 0 saturated heterocycles. The number of nitrogens with one attached hydrogen (secondary N) is 1. The number of amides is 1. The molecule has 0 saturated carbocycles. The van der Waals surface area contributed by atoms with Crippen LogP contribution in [0, 0.1) is 6.92 Å². The highest BCUT2D eigenvalue weighted by Crippen LogP contribution is 2.27. The third-order valence-corrected chi connectivity index (χ3v) is 6.24. The molecule has 10 heteroatoms. The van der Waals surface area contributed by atoms with Crippen LogP contribution < -0.4 is 5.32 Å². The van der Waals surface area contributed by atoms with Gasteiger partial charge in [0.15, 0.2) is 8.68 Å². The van der Waals surface area contributed by atoms with Gasteiger partial charge in [0.2, 0.25) is 11.0 Å². The molecule has 0 unspecified atom stereocenters. The Balaban J connectivity index is 1.74. The van der Waals surface area contributed by atoms with Crippen molar-refractivity contribution in [2.75, 3.05) is 16.8 Å². The molecule has 0 atom stereocenters. The molecule has 0 spiro atoms. The van der Waals surface area contributed by atoms with E-state index in [1.807, 2.05) is 6.92 Å². The molecule has 114 valence electrons. The first kappa shape index (κ1) is 16.7. The normalized spacial score (nSPS) is 10.8. The van der Waals surface area contributed by atoms with Crippen molar-refractivity contribution in [2.45, 2.75) is 35.4 Å². The van der Waals surface area contributed by atoms with Crippen LogP contribution in [0.3, 0.4) is 0 Å². The van der Waals surface area contributed by atoms with Crippen LogP contribution in [0.15, 0.2) is 8.68 Å². The predicted octanol–water partition coefficient (Wildman–Crippen LogP) is 3.32. The molecular formula is C11H15N5OS4. The van der Waals surface area contributed by atoms with E-state index in [2.05, 4.69) is 32.6 Å². The monoisotopic (exact) mass is 361 g/mol. The lowest BCUT2D eigenvalue weighted by Gasteiger charge is -1.98. The van der Waals surface area contributed by atoms with Crippen molar-refractivity contribution in [1.29, 1.82) is 0 Å². The Hall–Kier alpha value is -0.710. The second-order valence-electron chi connectivity index (χ2n) is 4.00. The summed E-state index contributed by atoms with van der Waals surface area (Å²) in [7, 11) is 0. The van der Waals surface area contributed by atoms with Crippen LogP contribution in [-0.2, 0) is 4.79 Å². The maximum atomic E-state index is 11.8. The van der Waals surface area contributed by atoms with Gasteiger partial charge < -0.3 is 0 Å². The second-order valence-corrected chi connectivity index (χ2v) is 8.72. The minimum Gasteiger partial charge on any atom is -0.300 e. The SMILES string of the molecule is CCCCSc1nnc(NC(=O)CSc2nnc(C)s2)s1. The summed E-state index contributed by atoms with van der Waals surface area (Å²) < 4.78 is 1.70. The Labute approximate surface area is 139 Å². The number of carbonyl (C=O) groups excluding carboxylic acids is 1. The van der Waals surface area contributed by atoms with Gasteiger partial charge in [-0.05, 0) is 13.3 Å². The fourth-order valence-corrected chi connectivity index (χ4v) is 4.78. The highest BCUT2D eigenvalue weighted by molar-refractivity contribution is 8.01. The van der Waals surface area contributed by atoms with E-state index in [0.29, 0.717) is 10.9 Å². The lowest BCUT2D eigenvalue weighted by atomic mass is 10.4. The quantitative estimate of drug-likeness (QED) is 0.439. The lowest BCUT2D eigenvalue weighted by Crippen LogP contribution is -2.13. The summed E-state index contributed by atoms with van der Waals surface area (Å²) in [4.78, 5) is 11.8. The van der Waals surface area contributed by atoms with E-state index in [1.54, 1.807) is 11.8 Å². The summed E-state index contributed by atoms with van der Waals surface area (Å²) in [6, 6.07) is 0. The molecular weight excluding hydrogens is 346 g/mol. The van der Waals surface area contributed by atoms with Crippen LogP contribution in [0.1, 0.15) is 24.8 Å². The first-order valence-corrected chi connectivity index (χ1v) is 9.97. The van der Waals surface area contributed by atoms with E-state index < -0.39 is 0 Å². The van der Waals surface area contributed by atoms with Gasteiger partial charge in [-0.25, -0.2) is 0 Å². The first-order valence-electron chi connectivity index (χ1n) is 6.36. The standard InChI is InChI=1S/C11H15N5OS4/c1-3-4-5-18-10-16-14-9(21-10)12-8(17)6-19-11-15-13-7(2)20-11/h3-6H2,1-2H3,(H,12,14,17). The van der Waals surface area contributed by atoms with Crippen molar-refractivity contribution in [3.63, 3.8) is 0 Å². The van der Waals surface area contributed by atoms with E-state index in [0.717, 1.165) is 32.3 Å².